The zero-order valence-corrected chi connectivity index (χ0v) is 11.6. The summed E-state index contributed by atoms with van der Waals surface area (Å²) in [5.74, 6) is 0.935. The Kier molecular flexibility index (Phi) is 6.76. The molecule has 1 aromatic rings. The summed E-state index contributed by atoms with van der Waals surface area (Å²) < 4.78 is 5.53. The Hall–Kier alpha value is -1.06. The second-order valence-corrected chi connectivity index (χ2v) is 4.94. The first-order chi connectivity index (χ1) is 8.65. The van der Waals surface area contributed by atoms with Gasteiger partial charge in [-0.25, -0.2) is 0 Å². The monoisotopic (exact) mass is 251 g/mol. The van der Waals surface area contributed by atoms with Crippen molar-refractivity contribution in [2.24, 2.45) is 5.92 Å². The van der Waals surface area contributed by atoms with E-state index in [2.05, 4.69) is 26.1 Å². The minimum Gasteiger partial charge on any atom is -0.508 e. The number of para-hydroxylation sites is 1. The molecule has 18 heavy (non-hydrogen) atoms. The molecule has 0 saturated carbocycles. The van der Waals surface area contributed by atoms with Gasteiger partial charge in [0.25, 0.3) is 0 Å². The van der Waals surface area contributed by atoms with E-state index in [1.807, 2.05) is 18.2 Å². The fourth-order valence-corrected chi connectivity index (χ4v) is 1.88. The fraction of sp³-hybridized carbons (Fsp3) is 0.600. The first-order valence-electron chi connectivity index (χ1n) is 6.74. The van der Waals surface area contributed by atoms with E-state index in [1.165, 1.54) is 0 Å². The molecule has 0 aromatic heterocycles. The van der Waals surface area contributed by atoms with Crippen LogP contribution < -0.4 is 5.32 Å². The molecular weight excluding hydrogens is 226 g/mol. The summed E-state index contributed by atoms with van der Waals surface area (Å²) in [6.45, 7) is 8.71. The molecule has 1 atom stereocenters. The van der Waals surface area contributed by atoms with E-state index in [0.29, 0.717) is 18.3 Å². The Bertz CT molecular complexity index is 339. The molecule has 0 saturated heterocycles. The highest BCUT2D eigenvalue weighted by molar-refractivity contribution is 5.34. The maximum Gasteiger partial charge on any atom is 0.120 e. The Labute approximate surface area is 110 Å². The van der Waals surface area contributed by atoms with Gasteiger partial charge in [0.05, 0.1) is 6.61 Å². The second kappa shape index (κ2) is 8.11. The molecule has 1 rings (SSSR count). The van der Waals surface area contributed by atoms with Gasteiger partial charge in [0.15, 0.2) is 0 Å². The van der Waals surface area contributed by atoms with Crippen molar-refractivity contribution in [3.63, 3.8) is 0 Å². The number of aromatic hydroxyl groups is 1. The molecule has 3 nitrogen and oxygen atoms in total. The predicted octanol–water partition coefficient (Wildman–Crippen LogP) is 3.11. The number of hydrogen-bond donors (Lipinski definition) is 2. The molecular formula is C15H25NO2. The maximum absolute atomic E-state index is 9.82. The van der Waals surface area contributed by atoms with Gasteiger partial charge >= 0.3 is 0 Å². The van der Waals surface area contributed by atoms with E-state index in [9.17, 15) is 5.11 Å². The lowest BCUT2D eigenvalue weighted by atomic mass is 10.0. The largest absolute Gasteiger partial charge is 0.508 e. The number of ether oxygens (including phenoxy) is 1. The molecule has 0 radical (unpaired) electrons. The number of hydrogen-bond acceptors (Lipinski definition) is 3. The van der Waals surface area contributed by atoms with Crippen molar-refractivity contribution in [2.75, 3.05) is 19.8 Å². The number of phenols is 1. The molecule has 0 aliphatic carbocycles. The normalized spacial score (nSPS) is 12.9. The van der Waals surface area contributed by atoms with E-state index in [4.69, 9.17) is 4.74 Å². The first kappa shape index (κ1) is 15.0. The van der Waals surface area contributed by atoms with Crippen LogP contribution in [0.25, 0.3) is 0 Å². The summed E-state index contributed by atoms with van der Waals surface area (Å²) in [6.07, 6.45) is 0.946. The minimum atomic E-state index is 0.189. The molecule has 2 N–H and O–H groups in total. The zero-order chi connectivity index (χ0) is 13.4. The Morgan fingerprint density at radius 1 is 1.28 bits per heavy atom. The van der Waals surface area contributed by atoms with Crippen LogP contribution in [0.5, 0.6) is 5.75 Å². The Morgan fingerprint density at radius 3 is 2.61 bits per heavy atom. The fourth-order valence-electron chi connectivity index (χ4n) is 1.88. The number of phenolic OH excluding ortho intramolecular Hbond substituents is 1. The zero-order valence-electron chi connectivity index (χ0n) is 11.6. The average molecular weight is 251 g/mol. The molecule has 0 amide bonds. The highest BCUT2D eigenvalue weighted by Gasteiger charge is 2.11. The smallest absolute Gasteiger partial charge is 0.120 e. The summed E-state index contributed by atoms with van der Waals surface area (Å²) in [5.41, 5.74) is 0.962. The molecule has 0 heterocycles. The average Bonchev–Trinajstić information content (AvgIpc) is 2.35. The number of rotatable bonds is 8. The van der Waals surface area contributed by atoms with E-state index in [1.54, 1.807) is 6.07 Å². The lowest BCUT2D eigenvalue weighted by Crippen LogP contribution is -2.25. The van der Waals surface area contributed by atoms with Gasteiger partial charge in [0.2, 0.25) is 0 Å². The summed E-state index contributed by atoms with van der Waals surface area (Å²) >= 11 is 0. The quantitative estimate of drug-likeness (QED) is 0.698. The highest BCUT2D eigenvalue weighted by atomic mass is 16.5. The van der Waals surface area contributed by atoms with Crippen LogP contribution in [0.3, 0.4) is 0 Å². The summed E-state index contributed by atoms with van der Waals surface area (Å²) in [7, 11) is 0. The van der Waals surface area contributed by atoms with Crippen LogP contribution in [0.4, 0.5) is 0 Å². The molecule has 1 unspecified atom stereocenters. The van der Waals surface area contributed by atoms with Gasteiger partial charge in [0, 0.05) is 24.8 Å². The van der Waals surface area contributed by atoms with Gasteiger partial charge in [-0.1, -0.05) is 39.0 Å². The molecule has 3 heteroatoms. The first-order valence-corrected chi connectivity index (χ1v) is 6.74. The van der Waals surface area contributed by atoms with Gasteiger partial charge in [-0.05, 0) is 18.4 Å². The summed E-state index contributed by atoms with van der Waals surface area (Å²) in [6, 6.07) is 7.68. The third kappa shape index (κ3) is 5.07. The maximum atomic E-state index is 9.82. The van der Waals surface area contributed by atoms with E-state index < -0.39 is 0 Å². The number of benzene rings is 1. The van der Waals surface area contributed by atoms with Gasteiger partial charge < -0.3 is 15.2 Å². The van der Waals surface area contributed by atoms with E-state index >= 15 is 0 Å². The standard InChI is InChI=1S/C15H25NO2/c1-4-14(13-7-5-6-8-15(13)17)16-9-10-18-11-12(2)3/h5-8,12,14,16-17H,4,9-11H2,1-3H3. The van der Waals surface area contributed by atoms with Crippen molar-refractivity contribution >= 4 is 0 Å². The SMILES string of the molecule is CCC(NCCOCC(C)C)c1ccccc1O. The van der Waals surface area contributed by atoms with Gasteiger partial charge in [0.1, 0.15) is 5.75 Å². The summed E-state index contributed by atoms with van der Waals surface area (Å²) in [5, 5.41) is 13.2. The molecule has 0 aliphatic heterocycles. The van der Waals surface area contributed by atoms with Crippen LogP contribution in [0, 0.1) is 5.92 Å². The molecule has 0 aliphatic rings. The van der Waals surface area contributed by atoms with E-state index in [-0.39, 0.29) is 6.04 Å². The Morgan fingerprint density at radius 2 is 2.00 bits per heavy atom. The van der Waals surface area contributed by atoms with Crippen molar-refractivity contribution in [3.8, 4) is 5.75 Å². The van der Waals surface area contributed by atoms with Crippen molar-refractivity contribution in [1.82, 2.24) is 5.32 Å². The van der Waals surface area contributed by atoms with Crippen LogP contribution in [0.15, 0.2) is 24.3 Å². The molecule has 0 spiro atoms. The summed E-state index contributed by atoms with van der Waals surface area (Å²) in [4.78, 5) is 0. The lowest BCUT2D eigenvalue weighted by Gasteiger charge is -2.18. The van der Waals surface area contributed by atoms with Crippen LogP contribution in [0.2, 0.25) is 0 Å². The van der Waals surface area contributed by atoms with Crippen molar-refractivity contribution in [3.05, 3.63) is 29.8 Å². The lowest BCUT2D eigenvalue weighted by molar-refractivity contribution is 0.110. The highest BCUT2D eigenvalue weighted by Crippen LogP contribution is 2.25. The van der Waals surface area contributed by atoms with Gasteiger partial charge in [-0.3, -0.25) is 0 Å². The van der Waals surface area contributed by atoms with Crippen LogP contribution in [-0.4, -0.2) is 24.9 Å². The molecule has 0 bridgehead atoms. The van der Waals surface area contributed by atoms with Crippen LogP contribution in [0.1, 0.15) is 38.8 Å². The third-order valence-electron chi connectivity index (χ3n) is 2.81. The molecule has 102 valence electrons. The van der Waals surface area contributed by atoms with Gasteiger partial charge in [-0.2, -0.15) is 0 Å². The Balaban J connectivity index is 2.36. The predicted molar refractivity (Wildman–Crippen MR) is 74.8 cm³/mol. The minimum absolute atomic E-state index is 0.189. The van der Waals surface area contributed by atoms with Gasteiger partial charge in [-0.15, -0.1) is 0 Å². The van der Waals surface area contributed by atoms with Crippen molar-refractivity contribution in [1.29, 1.82) is 0 Å². The van der Waals surface area contributed by atoms with Crippen molar-refractivity contribution < 1.29 is 9.84 Å². The molecule has 0 fully saturated rings. The van der Waals surface area contributed by atoms with Crippen LogP contribution >= 0.6 is 0 Å². The topological polar surface area (TPSA) is 41.5 Å². The number of nitrogens with one attached hydrogen (secondary N) is 1. The molecule has 1 aromatic carbocycles. The third-order valence-corrected chi connectivity index (χ3v) is 2.81. The van der Waals surface area contributed by atoms with E-state index in [0.717, 1.165) is 25.1 Å². The van der Waals surface area contributed by atoms with Crippen LogP contribution in [-0.2, 0) is 4.74 Å². The van der Waals surface area contributed by atoms with Crippen molar-refractivity contribution in [2.45, 2.75) is 33.2 Å². The second-order valence-electron chi connectivity index (χ2n) is 4.94.